The van der Waals surface area contributed by atoms with Crippen molar-refractivity contribution >= 4 is 51.6 Å². The number of piperidine rings is 1. The summed E-state index contributed by atoms with van der Waals surface area (Å²) in [5, 5.41) is 8.37. The van der Waals surface area contributed by atoms with Gasteiger partial charge >= 0.3 is 0 Å². The van der Waals surface area contributed by atoms with Crippen molar-refractivity contribution in [1.82, 2.24) is 49.1 Å². The summed E-state index contributed by atoms with van der Waals surface area (Å²) in [6.45, 7) is 3.58. The number of nitrogens with zero attached hydrogens (tertiary/aromatic N) is 12. The second-order valence-electron chi connectivity index (χ2n) is 15.0. The molecule has 4 aromatic heterocycles. The van der Waals surface area contributed by atoms with Gasteiger partial charge < -0.3 is 29.5 Å². The number of likely N-dealkylation sites (tertiary alicyclic amines) is 1. The fourth-order valence-corrected chi connectivity index (χ4v) is 8.81. The fraction of sp³-hybridized carbons (Fsp3) is 0.368. The van der Waals surface area contributed by atoms with E-state index in [-0.39, 0.29) is 49.2 Å². The number of amides is 2. The molecule has 0 radical (unpaired) electrons. The van der Waals surface area contributed by atoms with Gasteiger partial charge in [-0.15, -0.1) is 0 Å². The maximum atomic E-state index is 15.3. The summed E-state index contributed by atoms with van der Waals surface area (Å²) in [7, 11) is 3.53. The van der Waals surface area contributed by atoms with Gasteiger partial charge in [-0.25, -0.2) is 32.8 Å². The number of carbonyl (C=O) groups is 2. The van der Waals surface area contributed by atoms with Crippen LogP contribution in [0.15, 0.2) is 48.8 Å². The first-order chi connectivity index (χ1) is 27.0. The first-order valence-electron chi connectivity index (χ1n) is 18.5. The highest BCUT2D eigenvalue weighted by Gasteiger charge is 2.51. The van der Waals surface area contributed by atoms with E-state index in [0.29, 0.717) is 78.6 Å². The van der Waals surface area contributed by atoms with Gasteiger partial charge in [0.05, 0.1) is 34.4 Å². The molecule has 2 amide bonds. The molecule has 0 saturated carbocycles. The third-order valence-electron chi connectivity index (χ3n) is 11.5. The van der Waals surface area contributed by atoms with Crippen molar-refractivity contribution in [2.45, 2.75) is 56.9 Å². The zero-order chi connectivity index (χ0) is 38.6. The highest BCUT2D eigenvalue weighted by molar-refractivity contribution is 5.95. The summed E-state index contributed by atoms with van der Waals surface area (Å²) < 4.78 is 47.6. The van der Waals surface area contributed by atoms with Crippen LogP contribution in [0.1, 0.15) is 26.5 Å². The fourth-order valence-electron chi connectivity index (χ4n) is 8.81. The average Bonchev–Trinajstić information content (AvgIpc) is 3.86. The second-order valence-corrected chi connectivity index (χ2v) is 15.0. The molecule has 2 aromatic carbocycles. The molecular formula is C38H38F3N13O2. The summed E-state index contributed by atoms with van der Waals surface area (Å²) >= 11 is 0. The number of hydrogen-bond donors (Lipinski definition) is 1. The number of halogens is 3. The van der Waals surface area contributed by atoms with Crippen molar-refractivity contribution < 1.29 is 24.2 Å². The maximum absolute atomic E-state index is 15.3. The minimum absolute atomic E-state index is 0. The molecule has 10 rings (SSSR count). The SMILES string of the molecule is Cc1nc2cc(F)cc3c2n1CCCN(C)C(=O)[C@@H]1C[C@@H](CN1c1nc(N2C4CC2C(=O)N(C)C4)nc2c1cnn2-c1ccc(F)cc1F)Nc1nccc-3n1.[HH]. The molecular weight excluding hydrogens is 728 g/mol. The molecule has 56 heavy (non-hydrogen) atoms. The van der Waals surface area contributed by atoms with Crippen LogP contribution in [-0.4, -0.2) is 119 Å². The van der Waals surface area contributed by atoms with E-state index in [4.69, 9.17) is 15.0 Å². The Morgan fingerprint density at radius 1 is 0.875 bits per heavy atom. The molecule has 18 heteroatoms. The quantitative estimate of drug-likeness (QED) is 0.280. The van der Waals surface area contributed by atoms with E-state index in [0.717, 1.165) is 17.6 Å². The van der Waals surface area contributed by atoms with Crippen molar-refractivity contribution in [3.63, 3.8) is 0 Å². The zero-order valence-corrected chi connectivity index (χ0v) is 30.7. The van der Waals surface area contributed by atoms with E-state index >= 15 is 4.39 Å². The summed E-state index contributed by atoms with van der Waals surface area (Å²) in [4.78, 5) is 58.8. The Labute approximate surface area is 319 Å². The number of anilines is 3. The van der Waals surface area contributed by atoms with Crippen LogP contribution < -0.4 is 15.1 Å². The van der Waals surface area contributed by atoms with Gasteiger partial charge in [-0.2, -0.15) is 15.1 Å². The number of carbonyl (C=O) groups excluding carboxylic acids is 2. The number of hydrogen-bond acceptors (Lipinski definition) is 11. The van der Waals surface area contributed by atoms with Crippen LogP contribution in [0.5, 0.6) is 0 Å². The van der Waals surface area contributed by atoms with Gasteiger partial charge in [0, 0.05) is 71.6 Å². The number of imidazole rings is 1. The molecule has 1 N–H and O–H groups in total. The number of aromatic nitrogens is 8. The Kier molecular flexibility index (Phi) is 7.69. The Balaban J connectivity index is 0.00000422. The standard InChI is InChI=1S/C38H36F3N13O2.H2/c1-19-44-28-13-21(40)11-24-27-7-8-42-37(46-27)45-22-14-30(35(55)49(2)9-4-10-51(19)32(24)28)52(17-22)33-25-16-43-54(29-6-5-20(39)12-26(29)41)34(25)48-38(47-33)53-23-15-31(53)36(56)50(3)18-23;/h5-8,11-13,16,22-23,30-31H,4,9-10,14-15,17-18H2,1-3H3,(H,42,45,46);1H/t22-,23?,30-,31?;/m0./s1. The van der Waals surface area contributed by atoms with Crippen molar-refractivity contribution in [3.05, 3.63) is 72.1 Å². The smallest absolute Gasteiger partial charge is 0.245 e. The molecule has 288 valence electrons. The predicted octanol–water partition coefficient (Wildman–Crippen LogP) is 3.93. The van der Waals surface area contributed by atoms with Crippen molar-refractivity contribution in [1.29, 1.82) is 0 Å². The highest BCUT2D eigenvalue weighted by Crippen LogP contribution is 2.40. The lowest BCUT2D eigenvalue weighted by molar-refractivity contribution is -0.138. The Morgan fingerprint density at radius 3 is 2.54 bits per heavy atom. The molecule has 0 aliphatic carbocycles. The van der Waals surface area contributed by atoms with Crippen LogP contribution in [0.4, 0.5) is 30.9 Å². The molecule has 3 saturated heterocycles. The van der Waals surface area contributed by atoms with E-state index in [9.17, 15) is 18.4 Å². The minimum atomic E-state index is -0.832. The Hall–Kier alpha value is -6.33. The van der Waals surface area contributed by atoms with Crippen LogP contribution >= 0.6 is 0 Å². The lowest BCUT2D eigenvalue weighted by Gasteiger charge is -2.54. The summed E-state index contributed by atoms with van der Waals surface area (Å²) in [6.07, 6.45) is 4.72. The first-order valence-corrected chi connectivity index (χ1v) is 18.5. The molecule has 3 fully saturated rings. The van der Waals surface area contributed by atoms with Crippen LogP contribution in [-0.2, 0) is 16.1 Å². The lowest BCUT2D eigenvalue weighted by Crippen LogP contribution is -2.71. The van der Waals surface area contributed by atoms with E-state index in [1.807, 2.05) is 21.3 Å². The lowest BCUT2D eigenvalue weighted by atomic mass is 9.87. The molecule has 4 atom stereocenters. The summed E-state index contributed by atoms with van der Waals surface area (Å²) in [5.41, 5.74) is 2.61. The van der Waals surface area contributed by atoms with E-state index < -0.39 is 29.5 Å². The number of nitrogens with one attached hydrogen (secondary N) is 1. The number of fused-ring (bicyclic) bond motifs is 8. The van der Waals surface area contributed by atoms with Gasteiger partial charge in [-0.1, -0.05) is 0 Å². The van der Waals surface area contributed by atoms with Crippen molar-refractivity contribution in [2.75, 3.05) is 48.8 Å². The van der Waals surface area contributed by atoms with Crippen molar-refractivity contribution in [3.8, 4) is 16.9 Å². The van der Waals surface area contributed by atoms with Gasteiger partial charge in [0.15, 0.2) is 11.5 Å². The largest absolute Gasteiger partial charge is 0.350 e. The Bertz CT molecular complexity index is 2620. The number of piperazine rings is 1. The van der Waals surface area contributed by atoms with Crippen LogP contribution in [0.2, 0.25) is 0 Å². The van der Waals surface area contributed by atoms with Crippen LogP contribution in [0.3, 0.4) is 0 Å². The van der Waals surface area contributed by atoms with Crippen molar-refractivity contribution in [2.24, 2.45) is 0 Å². The minimum Gasteiger partial charge on any atom is -0.350 e. The molecule has 2 unspecified atom stereocenters. The normalized spacial score (nSPS) is 22.4. The van der Waals surface area contributed by atoms with E-state index in [2.05, 4.69) is 20.4 Å². The summed E-state index contributed by atoms with van der Waals surface area (Å²) in [6, 6.07) is 6.26. The highest BCUT2D eigenvalue weighted by atomic mass is 19.1. The van der Waals surface area contributed by atoms with Gasteiger partial charge in [-0.3, -0.25) is 9.59 Å². The summed E-state index contributed by atoms with van der Waals surface area (Å²) in [5.74, 6) is -0.538. The van der Waals surface area contributed by atoms with Gasteiger partial charge in [0.25, 0.3) is 0 Å². The molecule has 4 aliphatic heterocycles. The monoisotopic (exact) mass is 765 g/mol. The number of rotatable bonds is 3. The van der Waals surface area contributed by atoms with Crippen LogP contribution in [0, 0.1) is 24.4 Å². The topological polar surface area (TPSA) is 146 Å². The molecule has 6 bridgehead atoms. The molecule has 15 nitrogen and oxygen atoms in total. The van der Waals surface area contributed by atoms with Gasteiger partial charge in [0.1, 0.15) is 41.0 Å². The zero-order valence-electron chi connectivity index (χ0n) is 30.7. The third-order valence-corrected chi connectivity index (χ3v) is 11.5. The molecule has 8 heterocycles. The third kappa shape index (κ3) is 5.32. The van der Waals surface area contributed by atoms with Gasteiger partial charge in [-0.05, 0) is 50.5 Å². The van der Waals surface area contributed by atoms with Crippen LogP contribution in [0.25, 0.3) is 39.0 Å². The Morgan fingerprint density at radius 2 is 1.71 bits per heavy atom. The first kappa shape index (κ1) is 34.2. The number of aryl methyl sites for hydroxylation is 2. The average molecular weight is 766 g/mol. The second kappa shape index (κ2) is 12.6. The maximum Gasteiger partial charge on any atom is 0.245 e. The van der Waals surface area contributed by atoms with E-state index in [1.54, 1.807) is 36.2 Å². The number of likely N-dealkylation sites (N-methyl/N-ethyl adjacent to an activating group) is 2. The molecule has 6 aromatic rings. The van der Waals surface area contributed by atoms with Gasteiger partial charge in [0.2, 0.25) is 23.7 Å². The molecule has 0 spiro atoms. The molecule has 4 aliphatic rings. The number of benzene rings is 2. The van der Waals surface area contributed by atoms with E-state index in [1.165, 1.54) is 29.1 Å². The predicted molar refractivity (Wildman–Crippen MR) is 202 cm³/mol.